The van der Waals surface area contributed by atoms with E-state index in [0.29, 0.717) is 47.5 Å². The van der Waals surface area contributed by atoms with Gasteiger partial charge >= 0.3 is 0 Å². The average molecular weight is 415 g/mol. The molecule has 29 heavy (non-hydrogen) atoms. The Labute approximate surface area is 177 Å². The lowest BCUT2D eigenvalue weighted by Gasteiger charge is -2.32. The van der Waals surface area contributed by atoms with Crippen LogP contribution >= 0.6 is 11.6 Å². The van der Waals surface area contributed by atoms with E-state index in [4.69, 9.17) is 16.3 Å². The Balaban J connectivity index is 1.54. The summed E-state index contributed by atoms with van der Waals surface area (Å²) in [7, 11) is 0. The molecule has 1 heterocycles. The number of ether oxygens (including phenoxy) is 1. The maximum atomic E-state index is 12.7. The molecule has 1 aliphatic heterocycles. The van der Waals surface area contributed by atoms with Gasteiger partial charge in [-0.05, 0) is 56.9 Å². The van der Waals surface area contributed by atoms with Crippen LogP contribution in [0.1, 0.15) is 47.4 Å². The maximum absolute atomic E-state index is 12.7. The number of piperidine rings is 1. The molecule has 0 unspecified atom stereocenters. The summed E-state index contributed by atoms with van der Waals surface area (Å²) in [5, 5.41) is 3.39. The van der Waals surface area contributed by atoms with E-state index in [9.17, 15) is 9.59 Å². The smallest absolute Gasteiger partial charge is 0.255 e. The van der Waals surface area contributed by atoms with E-state index in [2.05, 4.69) is 5.32 Å². The van der Waals surface area contributed by atoms with Crippen molar-refractivity contribution in [2.75, 3.05) is 19.7 Å². The van der Waals surface area contributed by atoms with Gasteiger partial charge in [0.2, 0.25) is 0 Å². The van der Waals surface area contributed by atoms with Crippen molar-refractivity contribution in [1.29, 1.82) is 0 Å². The molecule has 1 aliphatic rings. The molecule has 2 aromatic carbocycles. The molecule has 0 aliphatic carbocycles. The second kappa shape index (κ2) is 9.79. The second-order valence-electron chi connectivity index (χ2n) is 7.65. The van der Waals surface area contributed by atoms with Crippen LogP contribution in [-0.4, -0.2) is 42.5 Å². The van der Waals surface area contributed by atoms with E-state index in [1.165, 1.54) is 0 Å². The van der Waals surface area contributed by atoms with Crippen molar-refractivity contribution in [2.45, 2.75) is 32.7 Å². The highest BCUT2D eigenvalue weighted by molar-refractivity contribution is 6.33. The summed E-state index contributed by atoms with van der Waals surface area (Å²) in [6.07, 6.45) is 1.72. The number of carbonyl (C=O) groups is 2. The Bertz CT molecular complexity index is 861. The van der Waals surface area contributed by atoms with Gasteiger partial charge in [-0.2, -0.15) is 0 Å². The lowest BCUT2D eigenvalue weighted by Crippen LogP contribution is -2.39. The lowest BCUT2D eigenvalue weighted by atomic mass is 9.97. The fourth-order valence-electron chi connectivity index (χ4n) is 3.44. The van der Waals surface area contributed by atoms with Gasteiger partial charge in [0.15, 0.2) is 0 Å². The number of hydrogen-bond donors (Lipinski definition) is 1. The van der Waals surface area contributed by atoms with Gasteiger partial charge in [-0.1, -0.05) is 35.9 Å². The third-order valence-electron chi connectivity index (χ3n) is 5.03. The van der Waals surface area contributed by atoms with Crippen LogP contribution in [0, 0.1) is 5.92 Å². The Morgan fingerprint density at radius 1 is 1.07 bits per heavy atom. The summed E-state index contributed by atoms with van der Waals surface area (Å²) < 4.78 is 5.99. The minimum absolute atomic E-state index is 0.0225. The van der Waals surface area contributed by atoms with E-state index >= 15 is 0 Å². The highest BCUT2D eigenvalue weighted by Crippen LogP contribution is 2.24. The number of amides is 2. The molecule has 0 radical (unpaired) electrons. The number of rotatable bonds is 6. The Kier molecular flexibility index (Phi) is 7.15. The summed E-state index contributed by atoms with van der Waals surface area (Å²) >= 11 is 6.16. The van der Waals surface area contributed by atoms with Crippen LogP contribution in [0.25, 0.3) is 0 Å². The normalized spacial score (nSPS) is 14.7. The minimum atomic E-state index is -0.129. The molecular weight excluding hydrogens is 388 g/mol. The molecule has 1 fully saturated rings. The number of benzene rings is 2. The Morgan fingerprint density at radius 3 is 2.34 bits per heavy atom. The standard InChI is InChI=1S/C23H27ClN2O3/c1-16(2)25-22(27)19-8-4-6-10-21(19)29-15-17-11-13-26(14-12-17)23(28)18-7-3-5-9-20(18)24/h3-10,16-17H,11-15H2,1-2H3,(H,25,27). The molecule has 1 saturated heterocycles. The van der Waals surface area contributed by atoms with Gasteiger partial charge in [0.25, 0.3) is 11.8 Å². The van der Waals surface area contributed by atoms with Gasteiger partial charge < -0.3 is 15.0 Å². The average Bonchev–Trinajstić information content (AvgIpc) is 2.72. The molecule has 0 spiro atoms. The zero-order chi connectivity index (χ0) is 20.8. The molecule has 154 valence electrons. The van der Waals surface area contributed by atoms with Gasteiger partial charge in [0, 0.05) is 19.1 Å². The molecule has 0 atom stereocenters. The monoisotopic (exact) mass is 414 g/mol. The Morgan fingerprint density at radius 2 is 1.69 bits per heavy atom. The van der Waals surface area contributed by atoms with Gasteiger partial charge in [0.05, 0.1) is 22.8 Å². The number of carbonyl (C=O) groups excluding carboxylic acids is 2. The van der Waals surface area contributed by atoms with Crippen LogP contribution in [0.4, 0.5) is 0 Å². The molecule has 2 amide bonds. The van der Waals surface area contributed by atoms with Crippen LogP contribution in [0.3, 0.4) is 0 Å². The minimum Gasteiger partial charge on any atom is -0.492 e. The molecule has 3 rings (SSSR count). The van der Waals surface area contributed by atoms with E-state index in [1.54, 1.807) is 18.2 Å². The summed E-state index contributed by atoms with van der Waals surface area (Å²) in [4.78, 5) is 26.9. The van der Waals surface area contributed by atoms with Gasteiger partial charge in [0.1, 0.15) is 5.75 Å². The number of hydrogen-bond acceptors (Lipinski definition) is 3. The Hall–Kier alpha value is -2.53. The van der Waals surface area contributed by atoms with Crippen LogP contribution in [0.15, 0.2) is 48.5 Å². The second-order valence-corrected chi connectivity index (χ2v) is 8.06. The van der Waals surface area contributed by atoms with E-state index in [1.807, 2.05) is 49.1 Å². The molecule has 2 aromatic rings. The van der Waals surface area contributed by atoms with E-state index in [-0.39, 0.29) is 17.9 Å². The molecule has 1 N–H and O–H groups in total. The van der Waals surface area contributed by atoms with Crippen molar-refractivity contribution in [3.05, 3.63) is 64.7 Å². The van der Waals surface area contributed by atoms with Crippen molar-refractivity contribution in [2.24, 2.45) is 5.92 Å². The quantitative estimate of drug-likeness (QED) is 0.761. The summed E-state index contributed by atoms with van der Waals surface area (Å²) in [5.41, 5.74) is 1.10. The molecular formula is C23H27ClN2O3. The zero-order valence-corrected chi connectivity index (χ0v) is 17.6. The largest absolute Gasteiger partial charge is 0.492 e. The zero-order valence-electron chi connectivity index (χ0n) is 16.9. The van der Waals surface area contributed by atoms with Crippen molar-refractivity contribution in [3.63, 3.8) is 0 Å². The van der Waals surface area contributed by atoms with Gasteiger partial charge in [-0.25, -0.2) is 0 Å². The van der Waals surface area contributed by atoms with Crippen molar-refractivity contribution < 1.29 is 14.3 Å². The third-order valence-corrected chi connectivity index (χ3v) is 5.36. The molecule has 6 heteroatoms. The van der Waals surface area contributed by atoms with Crippen LogP contribution in [0.2, 0.25) is 5.02 Å². The number of halogens is 1. The van der Waals surface area contributed by atoms with Crippen molar-refractivity contribution in [1.82, 2.24) is 10.2 Å². The van der Waals surface area contributed by atoms with Crippen LogP contribution in [0.5, 0.6) is 5.75 Å². The first-order valence-electron chi connectivity index (χ1n) is 10.0. The summed E-state index contributed by atoms with van der Waals surface area (Å²) in [6.45, 7) is 5.74. The number of nitrogens with zero attached hydrogens (tertiary/aromatic N) is 1. The number of nitrogens with one attached hydrogen (secondary N) is 1. The summed E-state index contributed by atoms with van der Waals surface area (Å²) in [5.74, 6) is 0.785. The van der Waals surface area contributed by atoms with Crippen molar-refractivity contribution >= 4 is 23.4 Å². The SMILES string of the molecule is CC(C)NC(=O)c1ccccc1OCC1CCN(C(=O)c2ccccc2Cl)CC1. The lowest BCUT2D eigenvalue weighted by molar-refractivity contribution is 0.0659. The van der Waals surface area contributed by atoms with E-state index in [0.717, 1.165) is 12.8 Å². The topological polar surface area (TPSA) is 58.6 Å². The molecule has 0 aromatic heterocycles. The summed E-state index contributed by atoms with van der Waals surface area (Å²) in [6, 6.07) is 14.5. The first kappa shape index (κ1) is 21.2. The first-order valence-corrected chi connectivity index (χ1v) is 10.4. The highest BCUT2D eigenvalue weighted by Gasteiger charge is 2.25. The highest BCUT2D eigenvalue weighted by atomic mass is 35.5. The molecule has 0 saturated carbocycles. The van der Waals surface area contributed by atoms with Gasteiger partial charge in [-0.15, -0.1) is 0 Å². The fraction of sp³-hybridized carbons (Fsp3) is 0.391. The number of likely N-dealkylation sites (tertiary alicyclic amines) is 1. The van der Waals surface area contributed by atoms with Crippen molar-refractivity contribution in [3.8, 4) is 5.75 Å². The predicted octanol–water partition coefficient (Wildman–Crippen LogP) is 4.41. The van der Waals surface area contributed by atoms with Crippen LogP contribution < -0.4 is 10.1 Å². The number of para-hydroxylation sites is 1. The first-order chi connectivity index (χ1) is 14.0. The maximum Gasteiger partial charge on any atom is 0.255 e. The predicted molar refractivity (Wildman–Crippen MR) is 115 cm³/mol. The molecule has 0 bridgehead atoms. The van der Waals surface area contributed by atoms with E-state index < -0.39 is 0 Å². The fourth-order valence-corrected chi connectivity index (χ4v) is 3.65. The van der Waals surface area contributed by atoms with Crippen LogP contribution in [-0.2, 0) is 0 Å². The molecule has 5 nitrogen and oxygen atoms in total. The van der Waals surface area contributed by atoms with Gasteiger partial charge in [-0.3, -0.25) is 9.59 Å². The third kappa shape index (κ3) is 5.51.